The number of H-pyrrole nitrogens is 1. The minimum absolute atomic E-state index is 0.882. The molecule has 0 aliphatic carbocycles. The summed E-state index contributed by atoms with van der Waals surface area (Å²) in [5.41, 5.74) is 4.45. The van der Waals surface area contributed by atoms with Gasteiger partial charge in [0.2, 0.25) is 0 Å². The Morgan fingerprint density at radius 3 is 2.18 bits per heavy atom. The van der Waals surface area contributed by atoms with Crippen molar-refractivity contribution in [3.8, 4) is 11.1 Å². The molecule has 3 heteroatoms. The van der Waals surface area contributed by atoms with Gasteiger partial charge in [-0.3, -0.25) is 0 Å². The summed E-state index contributed by atoms with van der Waals surface area (Å²) in [5, 5.41) is 2.22. The Bertz CT molecular complexity index is 957. The lowest BCUT2D eigenvalue weighted by atomic mass is 9.99. The molecule has 1 N–H and O–H groups in total. The fraction of sp³-hybridized carbons (Fsp3) is 0.0526. The number of hydrogen-bond donors (Lipinski definition) is 1. The number of nitrogens with one attached hydrogen (secondary N) is 1. The molecule has 1 aromatic heterocycles. The predicted octanol–water partition coefficient (Wildman–Crippen LogP) is 4.73. The van der Waals surface area contributed by atoms with Crippen LogP contribution >= 0.6 is 0 Å². The van der Waals surface area contributed by atoms with E-state index in [1.54, 1.807) is 6.26 Å². The Morgan fingerprint density at radius 1 is 0.773 bits per heavy atom. The minimum Gasteiger partial charge on any atom is -0.612 e. The summed E-state index contributed by atoms with van der Waals surface area (Å²) >= 11 is -1.02. The zero-order chi connectivity index (χ0) is 15.1. The molecule has 0 aliphatic heterocycles. The number of fused-ring (bicyclic) bond motifs is 3. The second-order valence-electron chi connectivity index (χ2n) is 5.35. The molecular formula is C19H15NOS. The first-order valence-electron chi connectivity index (χ1n) is 7.18. The number of rotatable bonds is 2. The molecule has 0 fully saturated rings. The highest BCUT2D eigenvalue weighted by molar-refractivity contribution is 7.91. The lowest BCUT2D eigenvalue weighted by molar-refractivity contribution is 0.601. The monoisotopic (exact) mass is 305 g/mol. The van der Waals surface area contributed by atoms with Gasteiger partial charge in [0, 0.05) is 10.9 Å². The van der Waals surface area contributed by atoms with Crippen LogP contribution in [0.25, 0.3) is 32.9 Å². The summed E-state index contributed by atoms with van der Waals surface area (Å²) in [6.07, 6.45) is 1.73. The number of aromatic amines is 1. The third-order valence-electron chi connectivity index (χ3n) is 4.00. The molecule has 1 unspecified atom stereocenters. The van der Waals surface area contributed by atoms with Crippen molar-refractivity contribution in [2.45, 2.75) is 4.90 Å². The number of benzene rings is 3. The van der Waals surface area contributed by atoms with E-state index in [1.165, 1.54) is 11.1 Å². The Hall–Kier alpha value is -2.23. The van der Waals surface area contributed by atoms with Crippen LogP contribution in [0.1, 0.15) is 0 Å². The van der Waals surface area contributed by atoms with Gasteiger partial charge in [0.05, 0.1) is 10.9 Å². The van der Waals surface area contributed by atoms with Gasteiger partial charge in [-0.1, -0.05) is 48.5 Å². The van der Waals surface area contributed by atoms with Crippen molar-refractivity contribution in [1.29, 1.82) is 0 Å². The van der Waals surface area contributed by atoms with Gasteiger partial charge in [-0.15, -0.1) is 0 Å². The molecule has 0 aliphatic rings. The third kappa shape index (κ3) is 2.02. The maximum absolute atomic E-state index is 12.1. The van der Waals surface area contributed by atoms with E-state index in [0.29, 0.717) is 0 Å². The van der Waals surface area contributed by atoms with E-state index in [-0.39, 0.29) is 0 Å². The summed E-state index contributed by atoms with van der Waals surface area (Å²) in [4.78, 5) is 4.33. The largest absolute Gasteiger partial charge is 0.612 e. The number of hydrogen-bond acceptors (Lipinski definition) is 1. The van der Waals surface area contributed by atoms with Crippen LogP contribution in [-0.2, 0) is 11.2 Å². The molecule has 4 rings (SSSR count). The van der Waals surface area contributed by atoms with Crippen LogP contribution in [0.3, 0.4) is 0 Å². The van der Waals surface area contributed by atoms with Crippen LogP contribution in [-0.4, -0.2) is 15.8 Å². The molecule has 22 heavy (non-hydrogen) atoms. The van der Waals surface area contributed by atoms with Crippen molar-refractivity contribution in [3.05, 3.63) is 66.7 Å². The van der Waals surface area contributed by atoms with E-state index in [1.807, 2.05) is 36.4 Å². The topological polar surface area (TPSA) is 38.8 Å². The fourth-order valence-corrected chi connectivity index (χ4v) is 3.83. The van der Waals surface area contributed by atoms with Crippen LogP contribution in [0.4, 0.5) is 0 Å². The SMILES string of the molecule is C[S+]([O-])c1cccc2[nH]c3cccc(-c4ccccc4)c3c12. The zero-order valence-corrected chi connectivity index (χ0v) is 13.0. The molecule has 108 valence electrons. The highest BCUT2D eigenvalue weighted by Crippen LogP contribution is 2.37. The summed E-state index contributed by atoms with van der Waals surface area (Å²) in [6, 6.07) is 22.5. The Labute approximate surface area is 132 Å². The van der Waals surface area contributed by atoms with E-state index in [9.17, 15) is 4.55 Å². The molecule has 4 aromatic rings. The van der Waals surface area contributed by atoms with Gasteiger partial charge in [-0.05, 0) is 40.5 Å². The predicted molar refractivity (Wildman–Crippen MR) is 93.6 cm³/mol. The average Bonchev–Trinajstić information content (AvgIpc) is 2.94. The van der Waals surface area contributed by atoms with Crippen LogP contribution in [0.2, 0.25) is 0 Å². The second kappa shape index (κ2) is 5.20. The van der Waals surface area contributed by atoms with Crippen molar-refractivity contribution in [3.63, 3.8) is 0 Å². The summed E-state index contributed by atoms with van der Waals surface area (Å²) in [5.74, 6) is 0. The van der Waals surface area contributed by atoms with Crippen LogP contribution in [0.5, 0.6) is 0 Å². The maximum Gasteiger partial charge on any atom is 0.162 e. The molecule has 2 nitrogen and oxygen atoms in total. The highest BCUT2D eigenvalue weighted by Gasteiger charge is 2.17. The molecule has 0 saturated carbocycles. The van der Waals surface area contributed by atoms with E-state index in [0.717, 1.165) is 26.7 Å². The van der Waals surface area contributed by atoms with Gasteiger partial charge in [0.25, 0.3) is 0 Å². The van der Waals surface area contributed by atoms with E-state index >= 15 is 0 Å². The van der Waals surface area contributed by atoms with Crippen molar-refractivity contribution < 1.29 is 4.55 Å². The lowest BCUT2D eigenvalue weighted by Gasteiger charge is -2.08. The van der Waals surface area contributed by atoms with Crippen LogP contribution in [0.15, 0.2) is 71.6 Å². The first-order valence-corrected chi connectivity index (χ1v) is 8.74. The van der Waals surface area contributed by atoms with Crippen molar-refractivity contribution in [2.24, 2.45) is 0 Å². The summed E-state index contributed by atoms with van der Waals surface area (Å²) in [6.45, 7) is 0. The fourth-order valence-electron chi connectivity index (χ4n) is 3.06. The van der Waals surface area contributed by atoms with Crippen LogP contribution in [0, 0.1) is 0 Å². The van der Waals surface area contributed by atoms with E-state index < -0.39 is 11.2 Å². The van der Waals surface area contributed by atoms with Gasteiger partial charge >= 0.3 is 0 Å². The molecule has 0 bridgehead atoms. The lowest BCUT2D eigenvalue weighted by Crippen LogP contribution is -1.97. The van der Waals surface area contributed by atoms with Gasteiger partial charge < -0.3 is 9.54 Å². The molecule has 0 radical (unpaired) electrons. The molecule has 1 heterocycles. The first kappa shape index (κ1) is 13.4. The summed E-state index contributed by atoms with van der Waals surface area (Å²) < 4.78 is 12.1. The Kier molecular flexibility index (Phi) is 3.17. The Balaban J connectivity index is 2.17. The van der Waals surface area contributed by atoms with Crippen molar-refractivity contribution >= 4 is 33.0 Å². The molecule has 0 spiro atoms. The normalized spacial score (nSPS) is 12.8. The quantitative estimate of drug-likeness (QED) is 0.534. The average molecular weight is 305 g/mol. The van der Waals surface area contributed by atoms with Crippen molar-refractivity contribution in [1.82, 2.24) is 4.98 Å². The van der Waals surface area contributed by atoms with Gasteiger partial charge in [-0.2, -0.15) is 0 Å². The first-order chi connectivity index (χ1) is 10.8. The molecular weight excluding hydrogens is 290 g/mol. The smallest absolute Gasteiger partial charge is 0.162 e. The van der Waals surface area contributed by atoms with E-state index in [2.05, 4.69) is 35.3 Å². The minimum atomic E-state index is -1.02. The zero-order valence-electron chi connectivity index (χ0n) is 12.2. The van der Waals surface area contributed by atoms with Gasteiger partial charge in [-0.25, -0.2) is 0 Å². The number of aromatic nitrogens is 1. The molecule has 0 amide bonds. The van der Waals surface area contributed by atoms with Gasteiger partial charge in [0.1, 0.15) is 6.26 Å². The second-order valence-corrected chi connectivity index (χ2v) is 6.70. The molecule has 1 atom stereocenters. The maximum atomic E-state index is 12.1. The Morgan fingerprint density at radius 2 is 1.45 bits per heavy atom. The van der Waals surface area contributed by atoms with Gasteiger partial charge in [0.15, 0.2) is 4.90 Å². The summed E-state index contributed by atoms with van der Waals surface area (Å²) in [7, 11) is 0. The third-order valence-corrected chi connectivity index (χ3v) is 4.96. The molecule has 0 saturated heterocycles. The molecule has 3 aromatic carbocycles. The van der Waals surface area contributed by atoms with E-state index in [4.69, 9.17) is 0 Å². The van der Waals surface area contributed by atoms with Crippen LogP contribution < -0.4 is 0 Å². The highest BCUT2D eigenvalue weighted by atomic mass is 32.2. The van der Waals surface area contributed by atoms with Crippen molar-refractivity contribution in [2.75, 3.05) is 6.26 Å². The standard InChI is InChI=1S/C19H15NOS/c1-22(21)17-12-6-11-16-19(17)18-14(9-5-10-15(18)20-16)13-7-3-2-4-8-13/h2-12,20H,1H3.